The second-order valence-electron chi connectivity index (χ2n) is 7.93. The van der Waals surface area contributed by atoms with E-state index in [4.69, 9.17) is 4.74 Å². The lowest BCUT2D eigenvalue weighted by Gasteiger charge is -2.30. The number of nitrogens with one attached hydrogen (secondary N) is 2. The molecule has 7 nitrogen and oxygen atoms in total. The third kappa shape index (κ3) is 6.48. The monoisotopic (exact) mass is 560 g/mol. The van der Waals surface area contributed by atoms with Gasteiger partial charge < -0.3 is 15.4 Å². The minimum atomic E-state index is 0. The van der Waals surface area contributed by atoms with Gasteiger partial charge in [-0.2, -0.15) is 5.10 Å². The van der Waals surface area contributed by atoms with Crippen molar-refractivity contribution in [1.82, 2.24) is 25.3 Å². The number of ether oxygens (including phenoxy) is 1. The summed E-state index contributed by atoms with van der Waals surface area (Å²) in [6, 6.07) is 18.8. The zero-order valence-electron chi connectivity index (χ0n) is 19.3. The van der Waals surface area contributed by atoms with Gasteiger partial charge in [-0.3, -0.25) is 9.89 Å². The predicted molar refractivity (Wildman–Crippen MR) is 144 cm³/mol. The van der Waals surface area contributed by atoms with Gasteiger partial charge in [-0.15, -0.1) is 24.0 Å². The zero-order chi connectivity index (χ0) is 22.2. The third-order valence-electron chi connectivity index (χ3n) is 5.91. The van der Waals surface area contributed by atoms with Crippen LogP contribution in [0.4, 0.5) is 0 Å². The van der Waals surface area contributed by atoms with Gasteiger partial charge in [0.25, 0.3) is 0 Å². The smallest absolute Gasteiger partial charge is 0.191 e. The Labute approximate surface area is 213 Å². The molecular formula is C25H33IN6O. The van der Waals surface area contributed by atoms with Gasteiger partial charge in [0.05, 0.1) is 18.8 Å². The highest BCUT2D eigenvalue weighted by Gasteiger charge is 2.26. The number of hydrogen-bond acceptors (Lipinski definition) is 4. The summed E-state index contributed by atoms with van der Waals surface area (Å²) in [6.45, 7) is 3.65. The number of likely N-dealkylation sites (tertiary alicyclic amines) is 1. The molecule has 176 valence electrons. The molecule has 0 spiro atoms. The maximum absolute atomic E-state index is 5.66. The van der Waals surface area contributed by atoms with E-state index in [9.17, 15) is 0 Å². The number of halogens is 1. The molecule has 1 fully saturated rings. The number of benzene rings is 2. The maximum Gasteiger partial charge on any atom is 0.191 e. The van der Waals surface area contributed by atoms with Crippen LogP contribution in [0.25, 0.3) is 5.69 Å². The van der Waals surface area contributed by atoms with Gasteiger partial charge in [0.2, 0.25) is 0 Å². The Morgan fingerprint density at radius 3 is 2.64 bits per heavy atom. The molecule has 4 rings (SSSR count). The Hall–Kier alpha value is -2.59. The molecular weight excluding hydrogens is 527 g/mol. The molecule has 0 bridgehead atoms. The van der Waals surface area contributed by atoms with Crippen LogP contribution in [-0.4, -0.2) is 54.4 Å². The molecule has 0 amide bonds. The largest absolute Gasteiger partial charge is 0.496 e. The first kappa shape index (κ1) is 25.0. The number of methoxy groups -OCH3 is 1. The summed E-state index contributed by atoms with van der Waals surface area (Å²) in [5.74, 6) is 1.72. The Morgan fingerprint density at radius 1 is 1.09 bits per heavy atom. The van der Waals surface area contributed by atoms with Crippen molar-refractivity contribution in [3.05, 3.63) is 78.1 Å². The van der Waals surface area contributed by atoms with Crippen LogP contribution < -0.4 is 15.4 Å². The SMILES string of the molecule is CN=C(NCc1cccc(-n2cccn2)c1)NCC(c1ccccc1OC)N1CCCC1.I. The Morgan fingerprint density at radius 2 is 1.91 bits per heavy atom. The van der Waals surface area contributed by atoms with E-state index in [0.29, 0.717) is 6.54 Å². The summed E-state index contributed by atoms with van der Waals surface area (Å²) >= 11 is 0. The molecule has 1 atom stereocenters. The van der Waals surface area contributed by atoms with Gasteiger partial charge in [0.15, 0.2) is 5.96 Å². The molecule has 3 aromatic rings. The van der Waals surface area contributed by atoms with E-state index in [1.807, 2.05) is 36.1 Å². The molecule has 1 aromatic heterocycles. The number of para-hydroxylation sites is 1. The van der Waals surface area contributed by atoms with Crippen LogP contribution in [0, 0.1) is 0 Å². The van der Waals surface area contributed by atoms with E-state index < -0.39 is 0 Å². The van der Waals surface area contributed by atoms with Crippen LogP contribution in [-0.2, 0) is 6.54 Å². The number of rotatable bonds is 8. The summed E-state index contributed by atoms with van der Waals surface area (Å²) in [5.41, 5.74) is 3.43. The minimum Gasteiger partial charge on any atom is -0.496 e. The highest BCUT2D eigenvalue weighted by molar-refractivity contribution is 14.0. The average Bonchev–Trinajstić information content (AvgIpc) is 3.56. The Balaban J connectivity index is 0.00000306. The summed E-state index contributed by atoms with van der Waals surface area (Å²) in [4.78, 5) is 6.97. The second-order valence-corrected chi connectivity index (χ2v) is 7.93. The summed E-state index contributed by atoms with van der Waals surface area (Å²) < 4.78 is 7.52. The molecule has 2 heterocycles. The summed E-state index contributed by atoms with van der Waals surface area (Å²) in [5, 5.41) is 11.3. The van der Waals surface area contributed by atoms with E-state index >= 15 is 0 Å². The van der Waals surface area contributed by atoms with Crippen LogP contribution >= 0.6 is 24.0 Å². The maximum atomic E-state index is 5.66. The lowest BCUT2D eigenvalue weighted by Crippen LogP contribution is -2.42. The molecule has 1 saturated heterocycles. The summed E-state index contributed by atoms with van der Waals surface area (Å²) in [6.07, 6.45) is 6.22. The number of hydrogen-bond donors (Lipinski definition) is 2. The second kappa shape index (κ2) is 12.6. The first-order valence-electron chi connectivity index (χ1n) is 11.2. The van der Waals surface area contributed by atoms with Crippen LogP contribution in [0.1, 0.15) is 30.0 Å². The molecule has 2 N–H and O–H groups in total. The van der Waals surface area contributed by atoms with Crippen LogP contribution in [0.3, 0.4) is 0 Å². The van der Waals surface area contributed by atoms with E-state index in [1.165, 1.54) is 24.0 Å². The summed E-state index contributed by atoms with van der Waals surface area (Å²) in [7, 11) is 3.55. The number of aromatic nitrogens is 2. The van der Waals surface area contributed by atoms with Crippen molar-refractivity contribution < 1.29 is 4.74 Å². The van der Waals surface area contributed by atoms with Crippen LogP contribution in [0.5, 0.6) is 5.75 Å². The fourth-order valence-corrected chi connectivity index (χ4v) is 4.26. The van der Waals surface area contributed by atoms with Crippen molar-refractivity contribution in [3.8, 4) is 11.4 Å². The highest BCUT2D eigenvalue weighted by atomic mass is 127. The highest BCUT2D eigenvalue weighted by Crippen LogP contribution is 2.31. The molecule has 0 saturated carbocycles. The lowest BCUT2D eigenvalue weighted by atomic mass is 10.0. The van der Waals surface area contributed by atoms with Gasteiger partial charge in [-0.25, -0.2) is 4.68 Å². The number of nitrogens with zero attached hydrogens (tertiary/aromatic N) is 4. The van der Waals surface area contributed by atoms with Crippen LogP contribution in [0.15, 0.2) is 72.0 Å². The van der Waals surface area contributed by atoms with E-state index in [-0.39, 0.29) is 30.0 Å². The number of aliphatic imine (C=N–C) groups is 1. The first-order chi connectivity index (χ1) is 15.8. The fraction of sp³-hybridized carbons (Fsp3) is 0.360. The topological polar surface area (TPSA) is 66.7 Å². The van der Waals surface area contributed by atoms with E-state index in [1.54, 1.807) is 13.3 Å². The third-order valence-corrected chi connectivity index (χ3v) is 5.91. The Kier molecular flexibility index (Phi) is 9.56. The fourth-order valence-electron chi connectivity index (χ4n) is 4.26. The molecule has 33 heavy (non-hydrogen) atoms. The predicted octanol–water partition coefficient (Wildman–Crippen LogP) is 4.00. The molecule has 0 radical (unpaired) electrons. The first-order valence-corrected chi connectivity index (χ1v) is 11.2. The minimum absolute atomic E-state index is 0. The molecule has 2 aromatic carbocycles. The zero-order valence-corrected chi connectivity index (χ0v) is 21.6. The number of guanidine groups is 1. The van der Waals surface area contributed by atoms with Gasteiger partial charge in [-0.1, -0.05) is 30.3 Å². The molecule has 1 aliphatic rings. The van der Waals surface area contributed by atoms with Gasteiger partial charge in [-0.05, 0) is 55.8 Å². The van der Waals surface area contributed by atoms with Gasteiger partial charge in [0.1, 0.15) is 5.75 Å². The van der Waals surface area contributed by atoms with Crippen LogP contribution in [0.2, 0.25) is 0 Å². The standard InChI is InChI=1S/C25H32N6O.HI/c1-26-25(27-18-20-9-7-10-21(17-20)31-16-8-13-29-31)28-19-23(30-14-5-6-15-30)22-11-3-4-12-24(22)32-2;/h3-4,7-13,16-17,23H,5-6,14-15,18-19H2,1-2H3,(H2,26,27,28);1H. The molecule has 0 aliphatic carbocycles. The molecule has 8 heteroatoms. The van der Waals surface area contributed by atoms with Crippen molar-refractivity contribution >= 4 is 29.9 Å². The van der Waals surface area contributed by atoms with Crippen molar-refractivity contribution in [2.75, 3.05) is 33.8 Å². The average molecular weight is 560 g/mol. The van der Waals surface area contributed by atoms with Gasteiger partial charge >= 0.3 is 0 Å². The van der Waals surface area contributed by atoms with E-state index in [0.717, 1.165) is 37.0 Å². The van der Waals surface area contributed by atoms with Crippen molar-refractivity contribution in [3.63, 3.8) is 0 Å². The van der Waals surface area contributed by atoms with Crippen molar-refractivity contribution in [2.24, 2.45) is 4.99 Å². The lowest BCUT2D eigenvalue weighted by molar-refractivity contribution is 0.239. The normalized spacial score (nSPS) is 15.0. The Bertz CT molecular complexity index is 1020. The molecule has 1 unspecified atom stereocenters. The molecule has 1 aliphatic heterocycles. The van der Waals surface area contributed by atoms with Crippen molar-refractivity contribution in [2.45, 2.75) is 25.4 Å². The quantitative estimate of drug-likeness (QED) is 0.248. The van der Waals surface area contributed by atoms with E-state index in [2.05, 4.69) is 62.0 Å². The van der Waals surface area contributed by atoms with Gasteiger partial charge in [0, 0.05) is 38.1 Å². The van der Waals surface area contributed by atoms with Crippen molar-refractivity contribution in [1.29, 1.82) is 0 Å².